The van der Waals surface area contributed by atoms with E-state index in [1.165, 1.54) is 37.1 Å². The fourth-order valence-electron chi connectivity index (χ4n) is 3.08. The van der Waals surface area contributed by atoms with E-state index in [0.29, 0.717) is 6.04 Å². The van der Waals surface area contributed by atoms with Crippen LogP contribution in [0.5, 0.6) is 5.75 Å². The summed E-state index contributed by atoms with van der Waals surface area (Å²) >= 11 is 0. The molecule has 3 nitrogen and oxygen atoms in total. The van der Waals surface area contributed by atoms with E-state index >= 15 is 0 Å². The summed E-state index contributed by atoms with van der Waals surface area (Å²) in [7, 11) is 1.77. The maximum Gasteiger partial charge on any atom is 0.123 e. The lowest BCUT2D eigenvalue weighted by molar-refractivity contribution is 0.183. The Hall–Kier alpha value is -1.06. The summed E-state index contributed by atoms with van der Waals surface area (Å²) in [5, 5.41) is 3.48. The fourth-order valence-corrected chi connectivity index (χ4v) is 3.08. The van der Waals surface area contributed by atoms with Gasteiger partial charge in [-0.2, -0.15) is 0 Å². The molecule has 3 heteroatoms. The van der Waals surface area contributed by atoms with Gasteiger partial charge < -0.3 is 10.1 Å². The zero-order chi connectivity index (χ0) is 15.2. The molecule has 1 heterocycles. The van der Waals surface area contributed by atoms with Gasteiger partial charge in [0.1, 0.15) is 5.75 Å². The van der Waals surface area contributed by atoms with Gasteiger partial charge in [0.2, 0.25) is 0 Å². The van der Waals surface area contributed by atoms with Gasteiger partial charge in [-0.3, -0.25) is 4.90 Å². The minimum atomic E-state index is 0.390. The number of rotatable bonds is 6. The highest BCUT2D eigenvalue weighted by molar-refractivity contribution is 5.38. The average molecular weight is 290 g/mol. The summed E-state index contributed by atoms with van der Waals surface area (Å²) in [5.41, 5.74) is 2.66. The molecule has 0 saturated carbocycles. The van der Waals surface area contributed by atoms with Crippen molar-refractivity contribution in [1.29, 1.82) is 0 Å². The fraction of sp³-hybridized carbons (Fsp3) is 0.667. The number of nitrogens with one attached hydrogen (secondary N) is 1. The number of benzene rings is 1. The molecular formula is C18H30N2O. The number of methoxy groups -OCH3 is 1. The monoisotopic (exact) mass is 290 g/mol. The number of piperidine rings is 1. The van der Waals surface area contributed by atoms with E-state index in [1.54, 1.807) is 7.11 Å². The molecule has 0 spiro atoms. The van der Waals surface area contributed by atoms with Crippen LogP contribution in [0.15, 0.2) is 18.2 Å². The second-order valence-electron chi connectivity index (χ2n) is 6.31. The van der Waals surface area contributed by atoms with Crippen LogP contribution < -0.4 is 10.1 Å². The van der Waals surface area contributed by atoms with Gasteiger partial charge in [-0.1, -0.05) is 19.9 Å². The molecule has 1 aliphatic heterocycles. The molecule has 2 rings (SSSR count). The average Bonchev–Trinajstić information content (AvgIpc) is 2.50. The van der Waals surface area contributed by atoms with Gasteiger partial charge in [0.05, 0.1) is 7.11 Å². The van der Waals surface area contributed by atoms with Crippen LogP contribution in [0.1, 0.15) is 50.8 Å². The summed E-state index contributed by atoms with van der Waals surface area (Å²) in [4.78, 5) is 2.56. The van der Waals surface area contributed by atoms with Crippen molar-refractivity contribution in [3.8, 4) is 5.75 Å². The second kappa shape index (κ2) is 7.81. The smallest absolute Gasteiger partial charge is 0.123 e. The molecule has 1 fully saturated rings. The van der Waals surface area contributed by atoms with Gasteiger partial charge in [-0.15, -0.1) is 0 Å². The van der Waals surface area contributed by atoms with Crippen molar-refractivity contribution in [1.82, 2.24) is 10.2 Å². The van der Waals surface area contributed by atoms with Crippen molar-refractivity contribution < 1.29 is 4.74 Å². The van der Waals surface area contributed by atoms with Crippen molar-refractivity contribution in [2.24, 2.45) is 5.92 Å². The topological polar surface area (TPSA) is 24.5 Å². The minimum absolute atomic E-state index is 0.390. The van der Waals surface area contributed by atoms with Crippen molar-refractivity contribution in [3.63, 3.8) is 0 Å². The summed E-state index contributed by atoms with van der Waals surface area (Å²) in [6, 6.07) is 6.99. The molecule has 1 N–H and O–H groups in total. The molecule has 1 saturated heterocycles. The Morgan fingerprint density at radius 1 is 1.33 bits per heavy atom. The van der Waals surface area contributed by atoms with Crippen molar-refractivity contribution in [2.75, 3.05) is 26.7 Å². The molecular weight excluding hydrogens is 260 g/mol. The van der Waals surface area contributed by atoms with Crippen LogP contribution in [-0.4, -0.2) is 31.6 Å². The van der Waals surface area contributed by atoms with E-state index in [-0.39, 0.29) is 0 Å². The highest BCUT2D eigenvalue weighted by Gasteiger charge is 2.18. The van der Waals surface area contributed by atoms with Crippen LogP contribution in [0, 0.1) is 5.92 Å². The largest absolute Gasteiger partial charge is 0.496 e. The predicted octanol–water partition coefficient (Wildman–Crippen LogP) is 3.60. The predicted molar refractivity (Wildman–Crippen MR) is 88.8 cm³/mol. The third-order valence-electron chi connectivity index (χ3n) is 4.58. The maximum atomic E-state index is 5.56. The molecule has 1 unspecified atom stereocenters. The van der Waals surface area contributed by atoms with Gasteiger partial charge in [-0.25, -0.2) is 0 Å². The highest BCUT2D eigenvalue weighted by atomic mass is 16.5. The quantitative estimate of drug-likeness (QED) is 0.866. The van der Waals surface area contributed by atoms with E-state index in [9.17, 15) is 0 Å². The number of hydrogen-bond acceptors (Lipinski definition) is 3. The Labute approximate surface area is 129 Å². The molecule has 21 heavy (non-hydrogen) atoms. The standard InChI is InChI=1S/C18H30N2O/c1-5-19-15(3)16-6-7-18(21-4)17(12-16)13-20-10-8-14(2)9-11-20/h6-7,12,14-15,19H,5,8-11,13H2,1-4H3. The summed E-state index contributed by atoms with van der Waals surface area (Å²) in [6.07, 6.45) is 2.63. The lowest BCUT2D eigenvalue weighted by Crippen LogP contribution is -2.32. The third kappa shape index (κ3) is 4.45. The van der Waals surface area contributed by atoms with Crippen molar-refractivity contribution >= 4 is 0 Å². The first-order chi connectivity index (χ1) is 10.1. The van der Waals surface area contributed by atoms with E-state index < -0.39 is 0 Å². The molecule has 1 aromatic carbocycles. The highest BCUT2D eigenvalue weighted by Crippen LogP contribution is 2.26. The number of nitrogens with zero attached hydrogens (tertiary/aromatic N) is 1. The normalized spacial score (nSPS) is 18.7. The van der Waals surface area contributed by atoms with Crippen LogP contribution in [0.2, 0.25) is 0 Å². The SMILES string of the molecule is CCNC(C)c1ccc(OC)c(CN2CCC(C)CC2)c1. The summed E-state index contributed by atoms with van der Waals surface area (Å²) < 4.78 is 5.56. The molecule has 0 amide bonds. The lowest BCUT2D eigenvalue weighted by atomic mass is 9.98. The van der Waals surface area contributed by atoms with Crippen LogP contribution in [0.25, 0.3) is 0 Å². The van der Waals surface area contributed by atoms with Gasteiger partial charge in [-0.05, 0) is 63.0 Å². The first kappa shape index (κ1) is 16.3. The van der Waals surface area contributed by atoms with E-state index in [1.807, 2.05) is 0 Å². The molecule has 0 aromatic heterocycles. The van der Waals surface area contributed by atoms with E-state index in [4.69, 9.17) is 4.74 Å². The molecule has 1 aromatic rings. The Morgan fingerprint density at radius 2 is 2.05 bits per heavy atom. The van der Waals surface area contributed by atoms with Crippen molar-refractivity contribution in [3.05, 3.63) is 29.3 Å². The summed E-state index contributed by atoms with van der Waals surface area (Å²) in [5.74, 6) is 1.89. The van der Waals surface area contributed by atoms with Crippen LogP contribution >= 0.6 is 0 Å². The molecule has 118 valence electrons. The van der Waals surface area contributed by atoms with Crippen LogP contribution in [-0.2, 0) is 6.54 Å². The summed E-state index contributed by atoms with van der Waals surface area (Å²) in [6.45, 7) is 11.1. The first-order valence-corrected chi connectivity index (χ1v) is 8.26. The van der Waals surface area contributed by atoms with E-state index in [2.05, 4.69) is 49.2 Å². The van der Waals surface area contributed by atoms with Crippen LogP contribution in [0.3, 0.4) is 0 Å². The Morgan fingerprint density at radius 3 is 2.67 bits per heavy atom. The number of likely N-dealkylation sites (tertiary alicyclic amines) is 1. The van der Waals surface area contributed by atoms with Crippen molar-refractivity contribution in [2.45, 2.75) is 46.2 Å². The maximum absolute atomic E-state index is 5.56. The Kier molecular flexibility index (Phi) is 6.07. The van der Waals surface area contributed by atoms with Gasteiger partial charge >= 0.3 is 0 Å². The molecule has 0 aliphatic carbocycles. The zero-order valence-corrected chi connectivity index (χ0v) is 14.0. The number of ether oxygens (including phenoxy) is 1. The molecule has 0 radical (unpaired) electrons. The lowest BCUT2D eigenvalue weighted by Gasteiger charge is -2.30. The third-order valence-corrected chi connectivity index (χ3v) is 4.58. The molecule has 0 bridgehead atoms. The molecule has 1 atom stereocenters. The second-order valence-corrected chi connectivity index (χ2v) is 6.31. The minimum Gasteiger partial charge on any atom is -0.496 e. The Balaban J connectivity index is 2.10. The zero-order valence-electron chi connectivity index (χ0n) is 14.0. The van der Waals surface area contributed by atoms with Gasteiger partial charge in [0.15, 0.2) is 0 Å². The number of hydrogen-bond donors (Lipinski definition) is 1. The molecule has 1 aliphatic rings. The van der Waals surface area contributed by atoms with Crippen LogP contribution in [0.4, 0.5) is 0 Å². The van der Waals surface area contributed by atoms with Gasteiger partial charge in [0.25, 0.3) is 0 Å². The van der Waals surface area contributed by atoms with E-state index in [0.717, 1.165) is 24.8 Å². The Bertz CT molecular complexity index is 439. The van der Waals surface area contributed by atoms with Gasteiger partial charge in [0, 0.05) is 18.2 Å². The first-order valence-electron chi connectivity index (χ1n) is 8.26.